The van der Waals surface area contributed by atoms with E-state index in [4.69, 9.17) is 14.2 Å². The molecule has 0 unspecified atom stereocenters. The van der Waals surface area contributed by atoms with E-state index in [1.807, 2.05) is 0 Å². The molecular formula is C18H16FNO7S. The zero-order valence-electron chi connectivity index (χ0n) is 15.0. The lowest BCUT2D eigenvalue weighted by Gasteiger charge is -2.12. The van der Waals surface area contributed by atoms with Crippen molar-refractivity contribution in [1.82, 2.24) is 4.31 Å². The van der Waals surface area contributed by atoms with Crippen molar-refractivity contribution in [3.05, 3.63) is 53.3 Å². The molecule has 0 saturated carbocycles. The van der Waals surface area contributed by atoms with E-state index in [9.17, 15) is 22.4 Å². The van der Waals surface area contributed by atoms with Crippen LogP contribution in [0.2, 0.25) is 0 Å². The number of ketones is 1. The number of esters is 1. The summed E-state index contributed by atoms with van der Waals surface area (Å²) < 4.78 is 54.4. The molecule has 0 aliphatic carbocycles. The number of halogens is 1. The highest BCUT2D eigenvalue weighted by Crippen LogP contribution is 2.32. The number of carbonyl (C=O) groups excluding carboxylic acids is 2. The SMILES string of the molecule is CN(C)S(=O)(=O)c1ccc(F)c(C(=O)OCC(=O)c2ccc3c(c2)OCO3)c1. The number of benzene rings is 2. The van der Waals surface area contributed by atoms with E-state index in [1.54, 1.807) is 6.07 Å². The van der Waals surface area contributed by atoms with Crippen LogP contribution in [0.25, 0.3) is 0 Å². The van der Waals surface area contributed by atoms with Crippen molar-refractivity contribution in [2.24, 2.45) is 0 Å². The lowest BCUT2D eigenvalue weighted by atomic mass is 10.1. The van der Waals surface area contributed by atoms with Crippen LogP contribution in [-0.4, -0.2) is 52.0 Å². The Bertz CT molecular complexity index is 1050. The van der Waals surface area contributed by atoms with Gasteiger partial charge in [0.2, 0.25) is 16.8 Å². The molecule has 28 heavy (non-hydrogen) atoms. The second-order valence-electron chi connectivity index (χ2n) is 6.00. The van der Waals surface area contributed by atoms with Gasteiger partial charge in [-0.3, -0.25) is 4.79 Å². The van der Waals surface area contributed by atoms with Crippen molar-refractivity contribution in [3.63, 3.8) is 0 Å². The Kier molecular flexibility index (Phi) is 5.34. The highest BCUT2D eigenvalue weighted by molar-refractivity contribution is 7.89. The largest absolute Gasteiger partial charge is 0.454 e. The van der Waals surface area contributed by atoms with Crippen LogP contribution in [0.3, 0.4) is 0 Å². The van der Waals surface area contributed by atoms with Gasteiger partial charge in [0.15, 0.2) is 23.9 Å². The molecule has 2 aromatic carbocycles. The van der Waals surface area contributed by atoms with Gasteiger partial charge in [-0.15, -0.1) is 0 Å². The first-order valence-corrected chi connectivity index (χ1v) is 9.46. The van der Waals surface area contributed by atoms with Crippen LogP contribution < -0.4 is 9.47 Å². The molecule has 2 aromatic rings. The summed E-state index contributed by atoms with van der Waals surface area (Å²) in [6, 6.07) is 7.24. The minimum Gasteiger partial charge on any atom is -0.454 e. The van der Waals surface area contributed by atoms with Gasteiger partial charge in [-0.1, -0.05) is 0 Å². The van der Waals surface area contributed by atoms with Crippen molar-refractivity contribution in [2.45, 2.75) is 4.90 Å². The number of Topliss-reactive ketones (excluding diaryl/α,β-unsaturated/α-hetero) is 1. The molecule has 0 bridgehead atoms. The van der Waals surface area contributed by atoms with Gasteiger partial charge in [0.1, 0.15) is 5.82 Å². The number of carbonyl (C=O) groups is 2. The van der Waals surface area contributed by atoms with Gasteiger partial charge < -0.3 is 14.2 Å². The second kappa shape index (κ2) is 7.56. The molecular weight excluding hydrogens is 393 g/mol. The summed E-state index contributed by atoms with van der Waals surface area (Å²) >= 11 is 0. The van der Waals surface area contributed by atoms with Crippen molar-refractivity contribution in [2.75, 3.05) is 27.5 Å². The number of rotatable bonds is 6. The fourth-order valence-corrected chi connectivity index (χ4v) is 3.32. The second-order valence-corrected chi connectivity index (χ2v) is 8.15. The molecule has 0 fully saturated rings. The Balaban J connectivity index is 1.73. The Morgan fingerprint density at radius 3 is 2.54 bits per heavy atom. The van der Waals surface area contributed by atoms with E-state index in [1.165, 1.54) is 26.2 Å². The van der Waals surface area contributed by atoms with E-state index in [0.29, 0.717) is 11.5 Å². The summed E-state index contributed by atoms with van der Waals surface area (Å²) in [6.45, 7) is -0.601. The maximum Gasteiger partial charge on any atom is 0.341 e. The van der Waals surface area contributed by atoms with Crippen LogP contribution in [-0.2, 0) is 14.8 Å². The number of fused-ring (bicyclic) bond motifs is 1. The van der Waals surface area contributed by atoms with E-state index >= 15 is 0 Å². The zero-order chi connectivity index (χ0) is 20.5. The third-order valence-corrected chi connectivity index (χ3v) is 5.78. The van der Waals surface area contributed by atoms with Crippen molar-refractivity contribution in [3.8, 4) is 11.5 Å². The first kappa shape index (κ1) is 19.8. The normalized spacial score (nSPS) is 12.9. The molecule has 0 spiro atoms. The summed E-state index contributed by atoms with van der Waals surface area (Å²) in [6.07, 6.45) is 0. The van der Waals surface area contributed by atoms with Crippen LogP contribution >= 0.6 is 0 Å². The van der Waals surface area contributed by atoms with Gasteiger partial charge in [-0.05, 0) is 36.4 Å². The van der Waals surface area contributed by atoms with E-state index < -0.39 is 39.8 Å². The summed E-state index contributed by atoms with van der Waals surface area (Å²) in [5.41, 5.74) is -0.358. The lowest BCUT2D eigenvalue weighted by Crippen LogP contribution is -2.23. The number of nitrogens with zero attached hydrogens (tertiary/aromatic N) is 1. The third-order valence-electron chi connectivity index (χ3n) is 3.97. The quantitative estimate of drug-likeness (QED) is 0.530. The first-order valence-electron chi connectivity index (χ1n) is 8.02. The van der Waals surface area contributed by atoms with Crippen LogP contribution in [0.4, 0.5) is 4.39 Å². The highest BCUT2D eigenvalue weighted by atomic mass is 32.2. The molecule has 0 radical (unpaired) electrons. The topological polar surface area (TPSA) is 99.2 Å². The van der Waals surface area contributed by atoms with Gasteiger partial charge in [-0.2, -0.15) is 0 Å². The maximum atomic E-state index is 14.0. The number of sulfonamides is 1. The summed E-state index contributed by atoms with van der Waals surface area (Å²) in [5.74, 6) is -1.76. The molecule has 1 heterocycles. The minimum atomic E-state index is -3.86. The number of ether oxygens (including phenoxy) is 3. The smallest absolute Gasteiger partial charge is 0.341 e. The summed E-state index contributed by atoms with van der Waals surface area (Å²) in [5, 5.41) is 0. The molecule has 148 valence electrons. The Morgan fingerprint density at radius 2 is 1.82 bits per heavy atom. The standard InChI is InChI=1S/C18H16FNO7S/c1-20(2)28(23,24)12-4-5-14(19)13(8-12)18(22)25-9-15(21)11-3-6-16-17(7-11)27-10-26-16/h3-8H,9-10H2,1-2H3. The molecule has 0 atom stereocenters. The number of hydrogen-bond donors (Lipinski definition) is 0. The molecule has 3 rings (SSSR count). The van der Waals surface area contributed by atoms with Gasteiger partial charge in [0.25, 0.3) is 0 Å². The van der Waals surface area contributed by atoms with Gasteiger partial charge in [0, 0.05) is 19.7 Å². The molecule has 0 aromatic heterocycles. The predicted molar refractivity (Wildman–Crippen MR) is 94.5 cm³/mol. The predicted octanol–water partition coefficient (Wildman–Crippen LogP) is 1.84. The summed E-state index contributed by atoms with van der Waals surface area (Å²) in [4.78, 5) is 24.1. The van der Waals surface area contributed by atoms with Crippen LogP contribution in [0, 0.1) is 5.82 Å². The van der Waals surface area contributed by atoms with Crippen molar-refractivity contribution >= 4 is 21.8 Å². The Labute approximate surface area is 160 Å². The molecule has 0 amide bonds. The van der Waals surface area contributed by atoms with E-state index in [0.717, 1.165) is 22.5 Å². The van der Waals surface area contributed by atoms with Gasteiger partial charge in [0.05, 0.1) is 10.5 Å². The molecule has 1 aliphatic rings. The first-order chi connectivity index (χ1) is 13.2. The average molecular weight is 409 g/mol. The van der Waals surface area contributed by atoms with Crippen LogP contribution in [0.15, 0.2) is 41.3 Å². The molecule has 0 saturated heterocycles. The third kappa shape index (κ3) is 3.82. The van der Waals surface area contributed by atoms with Gasteiger partial charge in [-0.25, -0.2) is 21.9 Å². The fourth-order valence-electron chi connectivity index (χ4n) is 2.39. The van der Waals surface area contributed by atoms with Crippen molar-refractivity contribution in [1.29, 1.82) is 0 Å². The van der Waals surface area contributed by atoms with Crippen molar-refractivity contribution < 1.29 is 36.6 Å². The highest BCUT2D eigenvalue weighted by Gasteiger charge is 2.23. The molecule has 8 nitrogen and oxygen atoms in total. The van der Waals surface area contributed by atoms with E-state index in [2.05, 4.69) is 0 Å². The van der Waals surface area contributed by atoms with Crippen LogP contribution in [0.1, 0.15) is 20.7 Å². The monoisotopic (exact) mass is 409 g/mol. The van der Waals surface area contributed by atoms with Crippen LogP contribution in [0.5, 0.6) is 11.5 Å². The molecule has 0 N–H and O–H groups in total. The maximum absolute atomic E-state index is 14.0. The zero-order valence-corrected chi connectivity index (χ0v) is 15.8. The van der Waals surface area contributed by atoms with E-state index in [-0.39, 0.29) is 17.3 Å². The number of hydrogen-bond acceptors (Lipinski definition) is 7. The molecule has 10 heteroatoms. The fraction of sp³-hybridized carbons (Fsp3) is 0.222. The van der Waals surface area contributed by atoms with Gasteiger partial charge >= 0.3 is 5.97 Å². The average Bonchev–Trinajstić information content (AvgIpc) is 3.13. The lowest BCUT2D eigenvalue weighted by molar-refractivity contribution is 0.0470. The Hall–Kier alpha value is -2.98. The minimum absolute atomic E-state index is 0.0490. The molecule has 1 aliphatic heterocycles. The summed E-state index contributed by atoms with van der Waals surface area (Å²) in [7, 11) is -1.25. The Morgan fingerprint density at radius 1 is 1.11 bits per heavy atom.